The highest BCUT2D eigenvalue weighted by atomic mass is 35.5. The molecule has 0 fully saturated rings. The number of hydrogen-bond acceptors (Lipinski definition) is 3. The summed E-state index contributed by atoms with van der Waals surface area (Å²) in [7, 11) is 5.66. The molecule has 0 spiro atoms. The number of likely N-dealkylation sites (N-methyl/N-ethyl adjacent to an activating group) is 2. The molecule has 1 N–H and O–H groups in total. The summed E-state index contributed by atoms with van der Waals surface area (Å²) in [5, 5.41) is 2.85. The molecular weight excluding hydrogens is 281 g/mol. The van der Waals surface area contributed by atoms with Gasteiger partial charge in [0, 0.05) is 19.6 Å². The quantitative estimate of drug-likeness (QED) is 0.826. The zero-order valence-corrected chi connectivity index (χ0v) is 13.0. The summed E-state index contributed by atoms with van der Waals surface area (Å²) >= 11 is 0. The molecule has 0 aliphatic rings. The molecule has 20 heavy (non-hydrogen) atoms. The molecule has 1 aromatic carbocycles. The summed E-state index contributed by atoms with van der Waals surface area (Å²) in [6.07, 6.45) is 0. The number of hydrogen-bond donors (Lipinski definition) is 1. The number of nitrogens with zero attached hydrogens (tertiary/aromatic N) is 2. The van der Waals surface area contributed by atoms with E-state index in [1.165, 1.54) is 12.1 Å². The number of amides is 1. The van der Waals surface area contributed by atoms with Crippen LogP contribution in [-0.2, 0) is 11.3 Å². The van der Waals surface area contributed by atoms with Gasteiger partial charge in [-0.1, -0.05) is 12.1 Å². The molecule has 0 atom stereocenters. The van der Waals surface area contributed by atoms with Crippen LogP contribution in [0.1, 0.15) is 5.56 Å². The van der Waals surface area contributed by atoms with Crippen molar-refractivity contribution in [2.45, 2.75) is 6.54 Å². The lowest BCUT2D eigenvalue weighted by molar-refractivity contribution is -0.130. The minimum Gasteiger partial charge on any atom is -0.336 e. The Balaban J connectivity index is 0.00000361. The fraction of sp³-hybridized carbons (Fsp3) is 0.500. The fourth-order valence-electron chi connectivity index (χ4n) is 1.73. The monoisotopic (exact) mass is 303 g/mol. The van der Waals surface area contributed by atoms with E-state index in [0.717, 1.165) is 12.1 Å². The van der Waals surface area contributed by atoms with E-state index in [4.69, 9.17) is 0 Å². The van der Waals surface area contributed by atoms with Crippen molar-refractivity contribution < 1.29 is 9.18 Å². The number of halogens is 2. The van der Waals surface area contributed by atoms with Crippen LogP contribution in [0.25, 0.3) is 0 Å². The highest BCUT2D eigenvalue weighted by Crippen LogP contribution is 2.07. The number of benzene rings is 1. The molecule has 0 saturated carbocycles. The van der Waals surface area contributed by atoms with Crippen LogP contribution in [-0.4, -0.2) is 56.5 Å². The molecule has 6 heteroatoms. The lowest BCUT2D eigenvalue weighted by Gasteiger charge is -2.24. The maximum Gasteiger partial charge on any atom is 0.236 e. The summed E-state index contributed by atoms with van der Waals surface area (Å²) in [6.45, 7) is 2.14. The molecule has 0 aromatic heterocycles. The van der Waals surface area contributed by atoms with Crippen molar-refractivity contribution in [3.05, 3.63) is 35.6 Å². The van der Waals surface area contributed by atoms with Crippen LogP contribution >= 0.6 is 12.4 Å². The molecule has 1 rings (SSSR count). The Hall–Kier alpha value is -1.17. The molecule has 0 unspecified atom stereocenters. The van der Waals surface area contributed by atoms with Gasteiger partial charge in [-0.25, -0.2) is 4.39 Å². The van der Waals surface area contributed by atoms with E-state index < -0.39 is 0 Å². The smallest absolute Gasteiger partial charge is 0.236 e. The van der Waals surface area contributed by atoms with Crippen molar-refractivity contribution in [1.29, 1.82) is 0 Å². The second kappa shape index (κ2) is 9.69. The Labute approximate surface area is 126 Å². The first-order valence-electron chi connectivity index (χ1n) is 6.34. The topological polar surface area (TPSA) is 35.6 Å². The van der Waals surface area contributed by atoms with Crippen molar-refractivity contribution in [3.63, 3.8) is 0 Å². The normalized spacial score (nSPS) is 10.2. The predicted octanol–water partition coefficient (Wildman–Crippen LogP) is 1.36. The number of rotatable bonds is 7. The van der Waals surface area contributed by atoms with Crippen molar-refractivity contribution >= 4 is 18.3 Å². The van der Waals surface area contributed by atoms with E-state index in [9.17, 15) is 9.18 Å². The molecule has 1 amide bonds. The average molecular weight is 304 g/mol. The van der Waals surface area contributed by atoms with Gasteiger partial charge in [-0.15, -0.1) is 12.4 Å². The minimum absolute atomic E-state index is 0. The van der Waals surface area contributed by atoms with Crippen LogP contribution in [0.4, 0.5) is 4.39 Å². The standard InChI is InChI=1S/C14H22FN3O.ClH/c1-16-10-14(19)18(8-7-17(2)3)11-12-5-4-6-13(15)9-12;/h4-6,9,16H,7-8,10-11H2,1-3H3;1H. The Kier molecular flexibility index (Phi) is 9.12. The fourth-order valence-corrected chi connectivity index (χ4v) is 1.73. The average Bonchev–Trinajstić information content (AvgIpc) is 2.34. The first-order valence-corrected chi connectivity index (χ1v) is 6.34. The van der Waals surface area contributed by atoms with Gasteiger partial charge < -0.3 is 15.1 Å². The molecule has 0 aliphatic heterocycles. The van der Waals surface area contributed by atoms with Crippen LogP contribution in [0, 0.1) is 5.82 Å². The van der Waals surface area contributed by atoms with E-state index in [2.05, 4.69) is 5.32 Å². The van der Waals surface area contributed by atoms with Crippen molar-refractivity contribution in [2.24, 2.45) is 0 Å². The van der Waals surface area contributed by atoms with E-state index >= 15 is 0 Å². The zero-order valence-electron chi connectivity index (χ0n) is 12.2. The Bertz CT molecular complexity index is 415. The highest BCUT2D eigenvalue weighted by Gasteiger charge is 2.13. The van der Waals surface area contributed by atoms with Crippen LogP contribution in [0.3, 0.4) is 0 Å². The Morgan fingerprint density at radius 2 is 2.00 bits per heavy atom. The summed E-state index contributed by atoms with van der Waals surface area (Å²) < 4.78 is 13.2. The summed E-state index contributed by atoms with van der Waals surface area (Å²) in [4.78, 5) is 15.8. The first kappa shape index (κ1) is 18.8. The lowest BCUT2D eigenvalue weighted by atomic mass is 10.2. The zero-order chi connectivity index (χ0) is 14.3. The van der Waals surface area contributed by atoms with Gasteiger partial charge in [0.05, 0.1) is 6.54 Å². The van der Waals surface area contributed by atoms with Gasteiger partial charge in [0.1, 0.15) is 5.82 Å². The summed E-state index contributed by atoms with van der Waals surface area (Å²) in [6, 6.07) is 6.37. The lowest BCUT2D eigenvalue weighted by Crippen LogP contribution is -2.40. The summed E-state index contributed by atoms with van der Waals surface area (Å²) in [5.41, 5.74) is 0.809. The SMILES string of the molecule is CNCC(=O)N(CCN(C)C)Cc1cccc(F)c1.Cl. The highest BCUT2D eigenvalue weighted by molar-refractivity contribution is 5.85. The Morgan fingerprint density at radius 1 is 1.30 bits per heavy atom. The number of carbonyl (C=O) groups is 1. The van der Waals surface area contributed by atoms with Crippen LogP contribution in [0.2, 0.25) is 0 Å². The van der Waals surface area contributed by atoms with Crippen LogP contribution in [0.15, 0.2) is 24.3 Å². The van der Waals surface area contributed by atoms with Gasteiger partial charge in [0.15, 0.2) is 0 Å². The Morgan fingerprint density at radius 3 is 2.55 bits per heavy atom. The van der Waals surface area contributed by atoms with Crippen LogP contribution in [0.5, 0.6) is 0 Å². The first-order chi connectivity index (χ1) is 9.02. The molecule has 1 aromatic rings. The molecule has 0 bridgehead atoms. The van der Waals surface area contributed by atoms with Crippen molar-refractivity contribution in [2.75, 3.05) is 40.8 Å². The van der Waals surface area contributed by atoms with Gasteiger partial charge in [0.25, 0.3) is 0 Å². The molecule has 4 nitrogen and oxygen atoms in total. The van der Waals surface area contributed by atoms with Gasteiger partial charge >= 0.3 is 0 Å². The van der Waals surface area contributed by atoms with E-state index in [0.29, 0.717) is 19.6 Å². The van der Waals surface area contributed by atoms with Gasteiger partial charge in [-0.05, 0) is 38.8 Å². The summed E-state index contributed by atoms with van der Waals surface area (Å²) in [5.74, 6) is -0.250. The third-order valence-electron chi connectivity index (χ3n) is 2.76. The molecule has 0 radical (unpaired) electrons. The number of nitrogens with one attached hydrogen (secondary N) is 1. The van der Waals surface area contributed by atoms with Gasteiger partial charge in [-0.3, -0.25) is 4.79 Å². The van der Waals surface area contributed by atoms with Gasteiger partial charge in [-0.2, -0.15) is 0 Å². The third-order valence-corrected chi connectivity index (χ3v) is 2.76. The molecule has 0 aliphatic carbocycles. The maximum atomic E-state index is 13.2. The van der Waals surface area contributed by atoms with Gasteiger partial charge in [0.2, 0.25) is 5.91 Å². The molecular formula is C14H23ClFN3O. The van der Waals surface area contributed by atoms with E-state index in [1.54, 1.807) is 18.0 Å². The van der Waals surface area contributed by atoms with Crippen molar-refractivity contribution in [3.8, 4) is 0 Å². The molecule has 114 valence electrons. The third kappa shape index (κ3) is 6.84. The van der Waals surface area contributed by atoms with Crippen LogP contribution < -0.4 is 5.32 Å². The minimum atomic E-state index is -0.272. The largest absolute Gasteiger partial charge is 0.336 e. The predicted molar refractivity (Wildman–Crippen MR) is 81.5 cm³/mol. The second-order valence-corrected chi connectivity index (χ2v) is 4.78. The van der Waals surface area contributed by atoms with Crippen molar-refractivity contribution in [1.82, 2.24) is 15.1 Å². The molecule has 0 heterocycles. The number of carbonyl (C=O) groups excluding carboxylic acids is 1. The van der Waals surface area contributed by atoms with E-state index in [-0.39, 0.29) is 24.1 Å². The molecule has 0 saturated heterocycles. The second-order valence-electron chi connectivity index (χ2n) is 4.78. The van der Waals surface area contributed by atoms with E-state index in [1.807, 2.05) is 25.1 Å². The maximum absolute atomic E-state index is 13.2.